The number of hydrogen-bond acceptors (Lipinski definition) is 4. The summed E-state index contributed by atoms with van der Waals surface area (Å²) in [5, 5.41) is 9.41. The smallest absolute Gasteiger partial charge is 0.125 e. The van der Waals surface area contributed by atoms with Crippen molar-refractivity contribution in [3.8, 4) is 6.07 Å². The highest BCUT2D eigenvalue weighted by molar-refractivity contribution is 7.10. The number of benzene rings is 1. The van der Waals surface area contributed by atoms with Crippen LogP contribution in [-0.2, 0) is 6.42 Å². The van der Waals surface area contributed by atoms with Crippen LogP contribution in [0.1, 0.15) is 16.8 Å². The molecule has 0 saturated carbocycles. The van der Waals surface area contributed by atoms with Gasteiger partial charge in [0.2, 0.25) is 0 Å². The Hall–Kier alpha value is -1.86. The summed E-state index contributed by atoms with van der Waals surface area (Å²) in [7, 11) is 0. The minimum Gasteiger partial charge on any atom is -0.388 e. The fourth-order valence-electron chi connectivity index (χ4n) is 1.37. The zero-order valence-electron chi connectivity index (χ0n) is 7.97. The Bertz CT molecular complexity index is 496. The lowest BCUT2D eigenvalue weighted by Crippen LogP contribution is -1.92. The van der Waals surface area contributed by atoms with Crippen LogP contribution in [0.2, 0.25) is 0 Å². The zero-order chi connectivity index (χ0) is 10.7. The third kappa shape index (κ3) is 1.97. The van der Waals surface area contributed by atoms with Crippen LogP contribution in [-0.4, -0.2) is 4.37 Å². The van der Waals surface area contributed by atoms with Crippen LogP contribution < -0.4 is 5.73 Å². The Morgan fingerprint density at radius 3 is 2.73 bits per heavy atom. The van der Waals surface area contributed by atoms with Gasteiger partial charge in [-0.1, -0.05) is 30.3 Å². The molecule has 4 heteroatoms. The van der Waals surface area contributed by atoms with Crippen LogP contribution in [0.25, 0.3) is 0 Å². The number of aromatic nitrogens is 1. The van der Waals surface area contributed by atoms with E-state index in [1.54, 1.807) is 0 Å². The molecule has 0 bridgehead atoms. The topological polar surface area (TPSA) is 62.7 Å². The number of hydrogen-bond donors (Lipinski definition) is 1. The van der Waals surface area contributed by atoms with Gasteiger partial charge in [0, 0.05) is 6.42 Å². The van der Waals surface area contributed by atoms with Crippen molar-refractivity contribution in [2.45, 2.75) is 6.42 Å². The molecule has 0 aliphatic rings. The van der Waals surface area contributed by atoms with E-state index in [1.165, 1.54) is 11.5 Å². The van der Waals surface area contributed by atoms with Gasteiger partial charge >= 0.3 is 0 Å². The van der Waals surface area contributed by atoms with Gasteiger partial charge in [-0.05, 0) is 17.1 Å². The molecule has 0 aliphatic heterocycles. The van der Waals surface area contributed by atoms with Gasteiger partial charge in [-0.15, -0.1) is 0 Å². The fourth-order valence-corrected chi connectivity index (χ4v) is 1.99. The Labute approximate surface area is 92.0 Å². The molecule has 2 aromatic rings. The normalized spacial score (nSPS) is 9.80. The Balaban J connectivity index is 2.30. The maximum atomic E-state index is 8.90. The molecular formula is C11H9N3S. The monoisotopic (exact) mass is 215 g/mol. The summed E-state index contributed by atoms with van der Waals surface area (Å²) in [4.78, 5) is 0. The molecule has 0 aliphatic carbocycles. The molecule has 2 rings (SSSR count). The molecule has 0 saturated heterocycles. The molecule has 2 N–H and O–H groups in total. The minimum absolute atomic E-state index is 0.503. The van der Waals surface area contributed by atoms with Gasteiger partial charge < -0.3 is 5.73 Å². The average molecular weight is 215 g/mol. The molecule has 0 atom stereocenters. The molecule has 1 aromatic heterocycles. The van der Waals surface area contributed by atoms with Crippen LogP contribution in [0, 0.1) is 11.3 Å². The summed E-state index contributed by atoms with van der Waals surface area (Å²) in [6.45, 7) is 0. The van der Waals surface area contributed by atoms with Crippen molar-refractivity contribution in [3.63, 3.8) is 0 Å². The van der Waals surface area contributed by atoms with Crippen LogP contribution in [0.3, 0.4) is 0 Å². The number of nitrogens with zero attached hydrogens (tertiary/aromatic N) is 2. The van der Waals surface area contributed by atoms with E-state index in [0.717, 1.165) is 11.3 Å². The van der Waals surface area contributed by atoms with E-state index in [4.69, 9.17) is 11.0 Å². The first kappa shape index (κ1) is 9.69. The van der Waals surface area contributed by atoms with E-state index < -0.39 is 0 Å². The van der Waals surface area contributed by atoms with Crippen molar-refractivity contribution in [3.05, 3.63) is 47.2 Å². The summed E-state index contributed by atoms with van der Waals surface area (Å²) < 4.78 is 4.18. The second-order valence-electron chi connectivity index (χ2n) is 3.14. The minimum atomic E-state index is 0.503. The third-order valence-corrected chi connectivity index (χ3v) is 2.83. The van der Waals surface area contributed by atoms with E-state index >= 15 is 0 Å². The standard InChI is InChI=1S/C11H9N3S/c12-7-9-10(14-15-11(9)13)6-8-4-2-1-3-5-8/h1-5H,6,13H2. The number of nitrogen functional groups attached to an aromatic ring is 1. The lowest BCUT2D eigenvalue weighted by atomic mass is 10.1. The van der Waals surface area contributed by atoms with Gasteiger partial charge in [-0.2, -0.15) is 9.64 Å². The van der Waals surface area contributed by atoms with Crippen molar-refractivity contribution in [2.75, 3.05) is 5.73 Å². The van der Waals surface area contributed by atoms with Crippen molar-refractivity contribution < 1.29 is 0 Å². The third-order valence-electron chi connectivity index (χ3n) is 2.12. The second-order valence-corrected chi connectivity index (χ2v) is 3.95. The predicted molar refractivity (Wildman–Crippen MR) is 60.5 cm³/mol. The maximum Gasteiger partial charge on any atom is 0.125 e. The zero-order valence-corrected chi connectivity index (χ0v) is 8.79. The highest BCUT2D eigenvalue weighted by Gasteiger charge is 2.10. The molecule has 1 heterocycles. The van der Waals surface area contributed by atoms with Gasteiger partial charge in [0.25, 0.3) is 0 Å². The number of nitriles is 1. The Morgan fingerprint density at radius 1 is 1.33 bits per heavy atom. The van der Waals surface area contributed by atoms with Gasteiger partial charge in [-0.25, -0.2) is 0 Å². The molecule has 0 fully saturated rings. The Kier molecular flexibility index (Phi) is 2.66. The van der Waals surface area contributed by atoms with E-state index in [1.807, 2.05) is 30.3 Å². The van der Waals surface area contributed by atoms with Crippen LogP contribution >= 0.6 is 11.5 Å². The van der Waals surface area contributed by atoms with Crippen LogP contribution in [0.15, 0.2) is 30.3 Å². The summed E-state index contributed by atoms with van der Waals surface area (Å²) in [6, 6.07) is 12.0. The van der Waals surface area contributed by atoms with Gasteiger partial charge in [0.05, 0.1) is 5.69 Å². The first-order valence-corrected chi connectivity index (χ1v) is 5.26. The van der Waals surface area contributed by atoms with Crippen molar-refractivity contribution in [1.82, 2.24) is 4.37 Å². The molecule has 0 spiro atoms. The summed E-state index contributed by atoms with van der Waals surface area (Å²) >= 11 is 1.18. The van der Waals surface area contributed by atoms with E-state index in [0.29, 0.717) is 17.0 Å². The van der Waals surface area contributed by atoms with E-state index in [2.05, 4.69) is 10.4 Å². The van der Waals surface area contributed by atoms with Crippen molar-refractivity contribution in [2.24, 2.45) is 0 Å². The van der Waals surface area contributed by atoms with Crippen LogP contribution in [0.5, 0.6) is 0 Å². The first-order chi connectivity index (χ1) is 7.31. The summed E-state index contributed by atoms with van der Waals surface area (Å²) in [5.41, 5.74) is 8.06. The van der Waals surface area contributed by atoms with Crippen molar-refractivity contribution in [1.29, 1.82) is 5.26 Å². The summed E-state index contributed by atoms with van der Waals surface area (Å²) in [5.74, 6) is 0. The van der Waals surface area contributed by atoms with Gasteiger partial charge in [0.15, 0.2) is 0 Å². The summed E-state index contributed by atoms with van der Waals surface area (Å²) in [6.07, 6.45) is 0.664. The quantitative estimate of drug-likeness (QED) is 0.835. The number of anilines is 1. The predicted octanol–water partition coefficient (Wildman–Crippen LogP) is 2.19. The molecule has 3 nitrogen and oxygen atoms in total. The van der Waals surface area contributed by atoms with Crippen LogP contribution in [0.4, 0.5) is 5.00 Å². The fraction of sp³-hybridized carbons (Fsp3) is 0.0909. The van der Waals surface area contributed by atoms with E-state index in [-0.39, 0.29) is 0 Å². The highest BCUT2D eigenvalue weighted by atomic mass is 32.1. The molecule has 0 amide bonds. The molecule has 0 unspecified atom stereocenters. The van der Waals surface area contributed by atoms with Crippen molar-refractivity contribution >= 4 is 16.5 Å². The Morgan fingerprint density at radius 2 is 2.07 bits per heavy atom. The van der Waals surface area contributed by atoms with Gasteiger partial charge in [-0.3, -0.25) is 0 Å². The number of nitrogens with two attached hydrogens (primary N) is 1. The molecule has 15 heavy (non-hydrogen) atoms. The van der Waals surface area contributed by atoms with E-state index in [9.17, 15) is 0 Å². The SMILES string of the molecule is N#Cc1c(Cc2ccccc2)nsc1N. The molecule has 1 aromatic carbocycles. The number of rotatable bonds is 2. The lowest BCUT2D eigenvalue weighted by molar-refractivity contribution is 1.12. The van der Waals surface area contributed by atoms with Gasteiger partial charge in [0.1, 0.15) is 16.6 Å². The average Bonchev–Trinajstić information content (AvgIpc) is 2.61. The second kappa shape index (κ2) is 4.11. The molecule has 74 valence electrons. The molecular weight excluding hydrogens is 206 g/mol. The largest absolute Gasteiger partial charge is 0.388 e. The maximum absolute atomic E-state index is 8.90. The molecule has 0 radical (unpaired) electrons. The lowest BCUT2D eigenvalue weighted by Gasteiger charge is -1.97. The highest BCUT2D eigenvalue weighted by Crippen LogP contribution is 2.22. The first-order valence-electron chi connectivity index (χ1n) is 4.49.